The maximum atomic E-state index is 12.0. The van der Waals surface area contributed by atoms with E-state index in [9.17, 15) is 4.79 Å². The molecule has 27 heavy (non-hydrogen) atoms. The molecule has 1 amide bonds. The van der Waals surface area contributed by atoms with Gasteiger partial charge in [0.25, 0.3) is 0 Å². The third-order valence-corrected chi connectivity index (χ3v) is 5.27. The fourth-order valence-corrected chi connectivity index (χ4v) is 3.98. The van der Waals surface area contributed by atoms with Crippen LogP contribution in [0.4, 0.5) is 4.79 Å². The SMILES string of the molecule is CC(C)(C)OC(=O)N[C@@H]1CC[C@@H](C(Sc2nn[nH]n2)c2ccccc2)OC1. The van der Waals surface area contributed by atoms with Gasteiger partial charge in [0, 0.05) is 0 Å². The van der Waals surface area contributed by atoms with Gasteiger partial charge in [-0.1, -0.05) is 42.1 Å². The molecule has 3 atom stereocenters. The van der Waals surface area contributed by atoms with Crippen LogP contribution < -0.4 is 5.32 Å². The summed E-state index contributed by atoms with van der Waals surface area (Å²) in [6.07, 6.45) is 1.22. The number of rotatable bonds is 5. The summed E-state index contributed by atoms with van der Waals surface area (Å²) in [6.45, 7) is 5.98. The Morgan fingerprint density at radius 2 is 2.11 bits per heavy atom. The van der Waals surface area contributed by atoms with Crippen LogP contribution in [0.25, 0.3) is 0 Å². The largest absolute Gasteiger partial charge is 0.444 e. The Morgan fingerprint density at radius 3 is 2.70 bits per heavy atom. The summed E-state index contributed by atoms with van der Waals surface area (Å²) in [5, 5.41) is 17.7. The Kier molecular flexibility index (Phi) is 6.33. The van der Waals surface area contributed by atoms with Gasteiger partial charge in [-0.15, -0.1) is 10.2 Å². The van der Waals surface area contributed by atoms with E-state index < -0.39 is 11.7 Å². The van der Waals surface area contributed by atoms with Crippen molar-refractivity contribution in [2.75, 3.05) is 6.61 Å². The second-order valence-electron chi connectivity index (χ2n) is 7.44. The number of nitrogens with zero attached hydrogens (tertiary/aromatic N) is 3. The molecule has 0 spiro atoms. The van der Waals surface area contributed by atoms with Crippen molar-refractivity contribution in [2.24, 2.45) is 0 Å². The predicted molar refractivity (Wildman–Crippen MR) is 101 cm³/mol. The van der Waals surface area contributed by atoms with Crippen molar-refractivity contribution in [3.05, 3.63) is 35.9 Å². The molecular weight excluding hydrogens is 366 g/mol. The Bertz CT molecular complexity index is 712. The van der Waals surface area contributed by atoms with Gasteiger partial charge in [-0.2, -0.15) is 5.21 Å². The van der Waals surface area contributed by atoms with Gasteiger partial charge in [0.15, 0.2) is 0 Å². The standard InChI is InChI=1S/C18H25N5O3S/c1-18(2,3)26-17(24)19-13-9-10-14(25-11-13)15(12-7-5-4-6-8-12)27-16-20-22-23-21-16/h4-8,13-15H,9-11H2,1-3H3,(H,19,24)(H,20,21,22,23)/t13-,14+,15?/m1/s1. The normalized spacial score (nSPS) is 21.4. The minimum absolute atomic E-state index is 0.00686. The average molecular weight is 391 g/mol. The number of ether oxygens (including phenoxy) is 2. The van der Waals surface area contributed by atoms with E-state index in [1.807, 2.05) is 39.0 Å². The molecule has 1 fully saturated rings. The molecule has 1 unspecified atom stereocenters. The molecule has 0 bridgehead atoms. The summed E-state index contributed by atoms with van der Waals surface area (Å²) in [6, 6.07) is 10.1. The second-order valence-corrected chi connectivity index (χ2v) is 8.54. The summed E-state index contributed by atoms with van der Waals surface area (Å²) in [5.41, 5.74) is 0.637. The number of aromatic amines is 1. The van der Waals surface area contributed by atoms with E-state index in [4.69, 9.17) is 9.47 Å². The minimum atomic E-state index is -0.512. The van der Waals surface area contributed by atoms with Crippen molar-refractivity contribution in [3.63, 3.8) is 0 Å². The molecule has 1 aliphatic heterocycles. The zero-order chi connectivity index (χ0) is 19.3. The molecule has 2 heterocycles. The van der Waals surface area contributed by atoms with E-state index in [1.165, 1.54) is 11.8 Å². The van der Waals surface area contributed by atoms with Gasteiger partial charge in [0.2, 0.25) is 5.16 Å². The quantitative estimate of drug-likeness (QED) is 0.755. The Morgan fingerprint density at radius 1 is 1.33 bits per heavy atom. The molecule has 3 rings (SSSR count). The van der Waals surface area contributed by atoms with E-state index >= 15 is 0 Å². The number of carbonyl (C=O) groups excluding carboxylic acids is 1. The average Bonchev–Trinajstić information content (AvgIpc) is 3.13. The summed E-state index contributed by atoms with van der Waals surface area (Å²) < 4.78 is 11.4. The zero-order valence-electron chi connectivity index (χ0n) is 15.7. The first-order valence-electron chi connectivity index (χ1n) is 8.97. The number of hydrogen-bond donors (Lipinski definition) is 2. The van der Waals surface area contributed by atoms with Crippen molar-refractivity contribution in [2.45, 2.75) is 61.8 Å². The smallest absolute Gasteiger partial charge is 0.407 e. The van der Waals surface area contributed by atoms with Gasteiger partial charge in [0.1, 0.15) is 5.60 Å². The maximum absolute atomic E-state index is 12.0. The molecule has 1 aliphatic rings. The fourth-order valence-electron chi connectivity index (χ4n) is 2.92. The van der Waals surface area contributed by atoms with Crippen LogP contribution in [0.3, 0.4) is 0 Å². The summed E-state index contributed by atoms with van der Waals surface area (Å²) in [7, 11) is 0. The number of nitrogens with one attached hydrogen (secondary N) is 2. The molecule has 9 heteroatoms. The molecule has 1 saturated heterocycles. The van der Waals surface area contributed by atoms with Gasteiger partial charge >= 0.3 is 6.09 Å². The van der Waals surface area contributed by atoms with Crippen LogP contribution in [-0.4, -0.2) is 51.1 Å². The molecule has 2 N–H and O–H groups in total. The van der Waals surface area contributed by atoms with Crippen molar-refractivity contribution >= 4 is 17.9 Å². The van der Waals surface area contributed by atoms with Crippen molar-refractivity contribution in [3.8, 4) is 0 Å². The molecule has 8 nitrogen and oxygen atoms in total. The number of amides is 1. The van der Waals surface area contributed by atoms with Crippen LogP contribution in [0.5, 0.6) is 0 Å². The lowest BCUT2D eigenvalue weighted by Gasteiger charge is -2.34. The molecular formula is C18H25N5O3S. The van der Waals surface area contributed by atoms with E-state index in [2.05, 4.69) is 38.1 Å². The topological polar surface area (TPSA) is 102 Å². The molecule has 0 aliphatic carbocycles. The van der Waals surface area contributed by atoms with Crippen LogP contribution >= 0.6 is 11.8 Å². The van der Waals surface area contributed by atoms with Gasteiger partial charge in [-0.05, 0) is 44.4 Å². The van der Waals surface area contributed by atoms with E-state index in [1.54, 1.807) is 0 Å². The lowest BCUT2D eigenvalue weighted by Crippen LogP contribution is -2.45. The molecule has 1 aromatic heterocycles. The number of alkyl carbamates (subject to hydrolysis) is 1. The lowest BCUT2D eigenvalue weighted by atomic mass is 9.98. The Balaban J connectivity index is 1.60. The highest BCUT2D eigenvalue weighted by atomic mass is 32.2. The third kappa shape index (κ3) is 5.93. The summed E-state index contributed by atoms with van der Waals surface area (Å²) >= 11 is 1.52. The number of carbonyl (C=O) groups is 1. The second kappa shape index (κ2) is 8.71. The van der Waals surface area contributed by atoms with Gasteiger partial charge in [-0.25, -0.2) is 4.79 Å². The number of thioether (sulfide) groups is 1. The summed E-state index contributed by atoms with van der Waals surface area (Å²) in [5.74, 6) is 0. The fraction of sp³-hybridized carbons (Fsp3) is 0.556. The highest BCUT2D eigenvalue weighted by Crippen LogP contribution is 2.40. The number of tetrazole rings is 1. The van der Waals surface area contributed by atoms with E-state index in [-0.39, 0.29) is 17.4 Å². The minimum Gasteiger partial charge on any atom is -0.444 e. The predicted octanol–water partition coefficient (Wildman–Crippen LogP) is 3.11. The Labute approximate surface area is 162 Å². The maximum Gasteiger partial charge on any atom is 0.407 e. The van der Waals surface area contributed by atoms with Crippen LogP contribution in [0.2, 0.25) is 0 Å². The zero-order valence-corrected chi connectivity index (χ0v) is 16.5. The highest BCUT2D eigenvalue weighted by Gasteiger charge is 2.32. The molecule has 1 aromatic carbocycles. The number of hydrogen-bond acceptors (Lipinski definition) is 7. The first kappa shape index (κ1) is 19.6. The third-order valence-electron chi connectivity index (χ3n) is 4.06. The summed E-state index contributed by atoms with van der Waals surface area (Å²) in [4.78, 5) is 12.0. The first-order valence-corrected chi connectivity index (χ1v) is 9.85. The molecule has 2 aromatic rings. The van der Waals surface area contributed by atoms with Crippen LogP contribution in [0, 0.1) is 0 Å². The lowest BCUT2D eigenvalue weighted by molar-refractivity contribution is -0.00885. The Hall–Kier alpha value is -2.13. The van der Waals surface area contributed by atoms with Gasteiger partial charge in [0.05, 0.1) is 24.0 Å². The van der Waals surface area contributed by atoms with Gasteiger partial charge < -0.3 is 14.8 Å². The number of benzene rings is 1. The first-order chi connectivity index (χ1) is 12.9. The molecule has 0 saturated carbocycles. The van der Waals surface area contributed by atoms with Crippen LogP contribution in [-0.2, 0) is 9.47 Å². The molecule has 0 radical (unpaired) electrons. The number of H-pyrrole nitrogens is 1. The van der Waals surface area contributed by atoms with Crippen molar-refractivity contribution < 1.29 is 14.3 Å². The highest BCUT2D eigenvalue weighted by molar-refractivity contribution is 7.99. The van der Waals surface area contributed by atoms with Crippen molar-refractivity contribution in [1.29, 1.82) is 0 Å². The van der Waals surface area contributed by atoms with Crippen molar-refractivity contribution in [1.82, 2.24) is 25.9 Å². The number of aromatic nitrogens is 4. The van der Waals surface area contributed by atoms with Crippen LogP contribution in [0.1, 0.15) is 44.4 Å². The molecule has 146 valence electrons. The van der Waals surface area contributed by atoms with E-state index in [0.29, 0.717) is 11.8 Å². The van der Waals surface area contributed by atoms with Crippen LogP contribution in [0.15, 0.2) is 35.5 Å². The van der Waals surface area contributed by atoms with E-state index in [0.717, 1.165) is 18.4 Å². The monoisotopic (exact) mass is 391 g/mol. The van der Waals surface area contributed by atoms with Gasteiger partial charge in [-0.3, -0.25) is 0 Å².